The molecule has 1 heterocycles. The van der Waals surface area contributed by atoms with Crippen molar-refractivity contribution < 1.29 is 9.90 Å². The van der Waals surface area contributed by atoms with Gasteiger partial charge in [0.05, 0.1) is 6.54 Å². The lowest BCUT2D eigenvalue weighted by atomic mass is 10.1. The molecule has 1 N–H and O–H groups in total. The molecule has 0 atom stereocenters. The number of amides is 1. The molecule has 0 saturated carbocycles. The van der Waals surface area contributed by atoms with E-state index >= 15 is 0 Å². The number of rotatable bonds is 3. The standard InChI is InChI=1S/C17H17NO2/c1-12-9-14-15(16(19)10-12)11-18(17(14)20)8-7-13-5-3-2-4-6-13/h2-6,9-10,19H,7-8,11H2,1H3. The summed E-state index contributed by atoms with van der Waals surface area (Å²) < 4.78 is 0. The van der Waals surface area contributed by atoms with E-state index in [1.807, 2.05) is 31.2 Å². The summed E-state index contributed by atoms with van der Waals surface area (Å²) in [5, 5.41) is 9.95. The maximum atomic E-state index is 12.3. The average molecular weight is 267 g/mol. The molecule has 0 radical (unpaired) electrons. The first kappa shape index (κ1) is 12.7. The number of nitrogens with zero attached hydrogens (tertiary/aromatic N) is 1. The van der Waals surface area contributed by atoms with Gasteiger partial charge < -0.3 is 10.0 Å². The Kier molecular flexibility index (Phi) is 3.18. The van der Waals surface area contributed by atoms with Crippen molar-refractivity contribution in [2.24, 2.45) is 0 Å². The summed E-state index contributed by atoms with van der Waals surface area (Å²) in [4.78, 5) is 14.1. The van der Waals surface area contributed by atoms with Gasteiger partial charge in [0.2, 0.25) is 0 Å². The molecule has 0 bridgehead atoms. The highest BCUT2D eigenvalue weighted by Crippen LogP contribution is 2.31. The Morgan fingerprint density at radius 1 is 1.20 bits per heavy atom. The van der Waals surface area contributed by atoms with Gasteiger partial charge in [0, 0.05) is 17.7 Å². The van der Waals surface area contributed by atoms with Crippen LogP contribution in [0.5, 0.6) is 5.75 Å². The van der Waals surface area contributed by atoms with Gasteiger partial charge in [-0.2, -0.15) is 0 Å². The van der Waals surface area contributed by atoms with Crippen LogP contribution >= 0.6 is 0 Å². The first-order chi connectivity index (χ1) is 9.65. The van der Waals surface area contributed by atoms with Crippen molar-refractivity contribution >= 4 is 5.91 Å². The van der Waals surface area contributed by atoms with Gasteiger partial charge >= 0.3 is 0 Å². The fourth-order valence-electron chi connectivity index (χ4n) is 2.68. The van der Waals surface area contributed by atoms with Gasteiger partial charge in [0.1, 0.15) is 5.75 Å². The number of fused-ring (bicyclic) bond motifs is 1. The Morgan fingerprint density at radius 3 is 2.70 bits per heavy atom. The van der Waals surface area contributed by atoms with Crippen LogP contribution in [0.1, 0.15) is 27.0 Å². The van der Waals surface area contributed by atoms with Crippen LogP contribution in [-0.4, -0.2) is 22.5 Å². The SMILES string of the molecule is Cc1cc(O)c2c(c1)C(=O)N(CCc1ccccc1)C2. The monoisotopic (exact) mass is 267 g/mol. The van der Waals surface area contributed by atoms with Crippen LogP contribution in [-0.2, 0) is 13.0 Å². The third-order valence-electron chi connectivity index (χ3n) is 3.75. The molecule has 1 aliphatic heterocycles. The largest absolute Gasteiger partial charge is 0.508 e. The molecule has 0 saturated heterocycles. The summed E-state index contributed by atoms with van der Waals surface area (Å²) >= 11 is 0. The molecule has 3 nitrogen and oxygen atoms in total. The molecular formula is C17H17NO2. The molecule has 0 aromatic heterocycles. The highest BCUT2D eigenvalue weighted by Gasteiger charge is 2.29. The fourth-order valence-corrected chi connectivity index (χ4v) is 2.68. The van der Waals surface area contributed by atoms with Crippen molar-refractivity contribution in [2.45, 2.75) is 19.9 Å². The summed E-state index contributed by atoms with van der Waals surface area (Å²) in [6.07, 6.45) is 0.834. The Hall–Kier alpha value is -2.29. The minimum Gasteiger partial charge on any atom is -0.508 e. The highest BCUT2D eigenvalue weighted by molar-refractivity contribution is 5.99. The third-order valence-corrected chi connectivity index (χ3v) is 3.75. The summed E-state index contributed by atoms with van der Waals surface area (Å²) in [5.41, 5.74) is 3.54. The van der Waals surface area contributed by atoms with Crippen molar-refractivity contribution in [3.05, 3.63) is 64.7 Å². The van der Waals surface area contributed by atoms with E-state index in [4.69, 9.17) is 0 Å². The van der Waals surface area contributed by atoms with Crippen molar-refractivity contribution in [3.63, 3.8) is 0 Å². The molecule has 3 heteroatoms. The summed E-state index contributed by atoms with van der Waals surface area (Å²) in [6, 6.07) is 13.7. The second-order valence-corrected chi connectivity index (χ2v) is 5.27. The van der Waals surface area contributed by atoms with Gasteiger partial charge in [0.25, 0.3) is 5.91 Å². The Balaban J connectivity index is 1.75. The number of hydrogen-bond acceptors (Lipinski definition) is 2. The van der Waals surface area contributed by atoms with Crippen LogP contribution in [0.15, 0.2) is 42.5 Å². The van der Waals surface area contributed by atoms with Crippen LogP contribution in [0.3, 0.4) is 0 Å². The van der Waals surface area contributed by atoms with Crippen molar-refractivity contribution in [3.8, 4) is 5.75 Å². The highest BCUT2D eigenvalue weighted by atomic mass is 16.3. The lowest BCUT2D eigenvalue weighted by Crippen LogP contribution is -2.26. The molecule has 0 fully saturated rings. The lowest BCUT2D eigenvalue weighted by molar-refractivity contribution is 0.0780. The molecule has 1 aliphatic rings. The van der Waals surface area contributed by atoms with Crippen molar-refractivity contribution in [1.29, 1.82) is 0 Å². The van der Waals surface area contributed by atoms with Gasteiger partial charge in [-0.1, -0.05) is 30.3 Å². The summed E-state index contributed by atoms with van der Waals surface area (Å²) in [6.45, 7) is 3.07. The van der Waals surface area contributed by atoms with E-state index in [0.29, 0.717) is 18.7 Å². The Labute approximate surface area is 118 Å². The fraction of sp³-hybridized carbons (Fsp3) is 0.235. The molecule has 3 rings (SSSR count). The van der Waals surface area contributed by atoms with Crippen molar-refractivity contribution in [2.75, 3.05) is 6.54 Å². The first-order valence-electron chi connectivity index (χ1n) is 6.81. The van der Waals surface area contributed by atoms with Crippen molar-refractivity contribution in [1.82, 2.24) is 4.90 Å². The Bertz CT molecular complexity index is 650. The molecule has 2 aromatic carbocycles. The first-order valence-corrected chi connectivity index (χ1v) is 6.81. The molecule has 2 aromatic rings. The van der Waals surface area contributed by atoms with E-state index in [2.05, 4.69) is 12.1 Å². The molecule has 1 amide bonds. The normalized spacial score (nSPS) is 13.7. The van der Waals surface area contributed by atoms with Gasteiger partial charge in [-0.25, -0.2) is 0 Å². The number of phenols is 1. The van der Waals surface area contributed by atoms with Crippen LogP contribution in [0.2, 0.25) is 0 Å². The smallest absolute Gasteiger partial charge is 0.254 e. The number of phenolic OH excluding ortho intramolecular Hbond substituents is 1. The predicted molar refractivity (Wildman–Crippen MR) is 77.7 cm³/mol. The zero-order valence-corrected chi connectivity index (χ0v) is 11.5. The topological polar surface area (TPSA) is 40.5 Å². The van der Waals surface area contributed by atoms with E-state index in [-0.39, 0.29) is 11.7 Å². The number of hydrogen-bond donors (Lipinski definition) is 1. The van der Waals surface area contributed by atoms with E-state index < -0.39 is 0 Å². The third kappa shape index (κ3) is 2.27. The predicted octanol–water partition coefficient (Wildman–Crippen LogP) is 2.90. The van der Waals surface area contributed by atoms with Gasteiger partial charge in [-0.05, 0) is 36.6 Å². The molecule has 0 unspecified atom stereocenters. The number of carbonyl (C=O) groups is 1. The van der Waals surface area contributed by atoms with E-state index in [0.717, 1.165) is 17.5 Å². The van der Waals surface area contributed by atoms with Crippen LogP contribution < -0.4 is 0 Å². The molecule has 0 spiro atoms. The number of aryl methyl sites for hydroxylation is 1. The lowest BCUT2D eigenvalue weighted by Gasteiger charge is -2.15. The number of aromatic hydroxyl groups is 1. The summed E-state index contributed by atoms with van der Waals surface area (Å²) in [5.74, 6) is 0.255. The van der Waals surface area contributed by atoms with Gasteiger partial charge in [-0.15, -0.1) is 0 Å². The summed E-state index contributed by atoms with van der Waals surface area (Å²) in [7, 11) is 0. The quantitative estimate of drug-likeness (QED) is 0.929. The van der Waals surface area contributed by atoms with Gasteiger partial charge in [-0.3, -0.25) is 4.79 Å². The average Bonchev–Trinajstić information content (AvgIpc) is 2.75. The van der Waals surface area contributed by atoms with Crippen LogP contribution in [0, 0.1) is 6.92 Å². The van der Waals surface area contributed by atoms with E-state index in [1.165, 1.54) is 5.56 Å². The minimum absolute atomic E-state index is 0.0231. The Morgan fingerprint density at radius 2 is 1.95 bits per heavy atom. The molecule has 0 aliphatic carbocycles. The second-order valence-electron chi connectivity index (χ2n) is 5.27. The molecular weight excluding hydrogens is 250 g/mol. The maximum Gasteiger partial charge on any atom is 0.254 e. The molecule has 102 valence electrons. The van der Waals surface area contributed by atoms with E-state index in [9.17, 15) is 9.90 Å². The van der Waals surface area contributed by atoms with E-state index in [1.54, 1.807) is 11.0 Å². The number of carbonyl (C=O) groups excluding carboxylic acids is 1. The number of benzene rings is 2. The van der Waals surface area contributed by atoms with Crippen LogP contribution in [0.4, 0.5) is 0 Å². The molecule has 20 heavy (non-hydrogen) atoms. The second kappa shape index (κ2) is 5.00. The zero-order chi connectivity index (χ0) is 14.1. The minimum atomic E-state index is 0.0231. The van der Waals surface area contributed by atoms with Crippen LogP contribution in [0.25, 0.3) is 0 Å². The zero-order valence-electron chi connectivity index (χ0n) is 11.5. The maximum absolute atomic E-state index is 12.3. The van der Waals surface area contributed by atoms with Gasteiger partial charge in [0.15, 0.2) is 0 Å².